The van der Waals surface area contributed by atoms with E-state index in [1.54, 1.807) is 13.2 Å². The van der Waals surface area contributed by atoms with E-state index in [0.29, 0.717) is 5.75 Å². The van der Waals surface area contributed by atoms with Crippen molar-refractivity contribution in [3.05, 3.63) is 59.9 Å². The SMILES string of the molecule is COc1cc(F)ccc1N1c2ccccc2C(C)=CC1(C)C. The van der Waals surface area contributed by atoms with Gasteiger partial charge >= 0.3 is 0 Å². The minimum Gasteiger partial charge on any atom is -0.494 e. The van der Waals surface area contributed by atoms with E-state index in [-0.39, 0.29) is 11.4 Å². The first-order valence-electron chi connectivity index (χ1n) is 7.36. The Hall–Kier alpha value is -2.29. The largest absolute Gasteiger partial charge is 0.494 e. The zero-order valence-electron chi connectivity index (χ0n) is 13.4. The van der Waals surface area contributed by atoms with Gasteiger partial charge in [0.15, 0.2) is 0 Å². The number of methoxy groups -OCH3 is 1. The molecule has 0 N–H and O–H groups in total. The maximum absolute atomic E-state index is 13.5. The molecule has 0 atom stereocenters. The second-order valence-electron chi connectivity index (χ2n) is 6.15. The summed E-state index contributed by atoms with van der Waals surface area (Å²) in [5.74, 6) is 0.242. The molecule has 2 aromatic carbocycles. The fourth-order valence-electron chi connectivity index (χ4n) is 3.26. The van der Waals surface area contributed by atoms with Gasteiger partial charge in [0.1, 0.15) is 11.6 Å². The number of rotatable bonds is 2. The molecule has 0 unspecified atom stereocenters. The molecule has 0 spiro atoms. The Labute approximate surface area is 130 Å². The number of anilines is 2. The molecule has 0 bridgehead atoms. The topological polar surface area (TPSA) is 12.5 Å². The average molecular weight is 297 g/mol. The predicted molar refractivity (Wildman–Crippen MR) is 89.3 cm³/mol. The Morgan fingerprint density at radius 3 is 2.50 bits per heavy atom. The van der Waals surface area contributed by atoms with Gasteiger partial charge in [-0.15, -0.1) is 0 Å². The van der Waals surface area contributed by atoms with Gasteiger partial charge in [-0.05, 0) is 44.5 Å². The van der Waals surface area contributed by atoms with Crippen LogP contribution < -0.4 is 9.64 Å². The zero-order chi connectivity index (χ0) is 15.9. The van der Waals surface area contributed by atoms with Gasteiger partial charge in [0, 0.05) is 17.3 Å². The molecule has 0 aromatic heterocycles. The summed E-state index contributed by atoms with van der Waals surface area (Å²) >= 11 is 0. The highest BCUT2D eigenvalue weighted by Gasteiger charge is 2.33. The molecule has 3 heteroatoms. The molecule has 0 saturated heterocycles. The van der Waals surface area contributed by atoms with Crippen molar-refractivity contribution < 1.29 is 9.13 Å². The third-order valence-electron chi connectivity index (χ3n) is 4.10. The van der Waals surface area contributed by atoms with Crippen molar-refractivity contribution in [1.29, 1.82) is 0 Å². The Kier molecular flexibility index (Phi) is 3.44. The number of halogens is 1. The second kappa shape index (κ2) is 5.16. The van der Waals surface area contributed by atoms with Crippen molar-refractivity contribution in [3.63, 3.8) is 0 Å². The third kappa shape index (κ3) is 2.27. The number of para-hydroxylation sites is 1. The first kappa shape index (κ1) is 14.6. The number of fused-ring (bicyclic) bond motifs is 1. The Morgan fingerprint density at radius 2 is 1.77 bits per heavy atom. The van der Waals surface area contributed by atoms with Crippen LogP contribution in [0.15, 0.2) is 48.5 Å². The summed E-state index contributed by atoms with van der Waals surface area (Å²) in [7, 11) is 1.57. The summed E-state index contributed by atoms with van der Waals surface area (Å²) in [6.45, 7) is 6.42. The smallest absolute Gasteiger partial charge is 0.145 e. The maximum Gasteiger partial charge on any atom is 0.145 e. The third-order valence-corrected chi connectivity index (χ3v) is 4.10. The lowest BCUT2D eigenvalue weighted by molar-refractivity contribution is 0.409. The fraction of sp³-hybridized carbons (Fsp3) is 0.263. The van der Waals surface area contributed by atoms with E-state index in [1.165, 1.54) is 23.3 Å². The molecule has 1 aliphatic rings. The van der Waals surface area contributed by atoms with E-state index in [2.05, 4.69) is 43.9 Å². The average Bonchev–Trinajstić information content (AvgIpc) is 2.47. The number of nitrogens with zero attached hydrogens (tertiary/aromatic N) is 1. The molecule has 3 rings (SSSR count). The number of allylic oxidation sites excluding steroid dienone is 1. The molecule has 1 heterocycles. The summed E-state index contributed by atoms with van der Waals surface area (Å²) in [6.07, 6.45) is 2.23. The molecule has 0 saturated carbocycles. The minimum absolute atomic E-state index is 0.233. The van der Waals surface area contributed by atoms with Crippen LogP contribution in [0.2, 0.25) is 0 Å². The van der Waals surface area contributed by atoms with Gasteiger partial charge in [-0.2, -0.15) is 0 Å². The van der Waals surface area contributed by atoms with Crippen molar-refractivity contribution in [1.82, 2.24) is 0 Å². The standard InChI is InChI=1S/C19H20FNO/c1-13-12-19(2,3)21(16-8-6-5-7-15(13)16)17-10-9-14(20)11-18(17)22-4/h5-12H,1-4H3. The molecule has 0 fully saturated rings. The highest BCUT2D eigenvalue weighted by molar-refractivity contribution is 5.86. The quantitative estimate of drug-likeness (QED) is 0.758. The molecule has 114 valence electrons. The predicted octanol–water partition coefficient (Wildman–Crippen LogP) is 5.17. The fourth-order valence-corrected chi connectivity index (χ4v) is 3.26. The van der Waals surface area contributed by atoms with Crippen LogP contribution in [-0.4, -0.2) is 12.6 Å². The molecule has 2 aromatic rings. The number of benzene rings is 2. The van der Waals surface area contributed by atoms with E-state index >= 15 is 0 Å². The van der Waals surface area contributed by atoms with E-state index in [4.69, 9.17) is 4.74 Å². The van der Waals surface area contributed by atoms with Crippen LogP contribution in [0.4, 0.5) is 15.8 Å². The molecule has 0 amide bonds. The minimum atomic E-state index is -0.296. The normalized spacial score (nSPS) is 16.0. The van der Waals surface area contributed by atoms with Gasteiger partial charge in [-0.3, -0.25) is 0 Å². The monoisotopic (exact) mass is 297 g/mol. The molecule has 1 aliphatic heterocycles. The van der Waals surface area contributed by atoms with Crippen molar-refractivity contribution in [2.24, 2.45) is 0 Å². The van der Waals surface area contributed by atoms with Gasteiger partial charge in [-0.1, -0.05) is 24.3 Å². The highest BCUT2D eigenvalue weighted by atomic mass is 19.1. The van der Waals surface area contributed by atoms with Gasteiger partial charge in [0.2, 0.25) is 0 Å². The first-order valence-corrected chi connectivity index (χ1v) is 7.36. The van der Waals surface area contributed by atoms with Crippen LogP contribution in [0.5, 0.6) is 5.75 Å². The summed E-state index contributed by atoms with van der Waals surface area (Å²) in [4.78, 5) is 2.20. The van der Waals surface area contributed by atoms with Crippen molar-refractivity contribution in [3.8, 4) is 5.75 Å². The molecular weight excluding hydrogens is 277 g/mol. The lowest BCUT2D eigenvalue weighted by atomic mass is 9.88. The van der Waals surface area contributed by atoms with Gasteiger partial charge in [0.25, 0.3) is 0 Å². The van der Waals surface area contributed by atoms with E-state index < -0.39 is 0 Å². The number of ether oxygens (including phenoxy) is 1. The van der Waals surface area contributed by atoms with Gasteiger partial charge in [0.05, 0.1) is 18.3 Å². The van der Waals surface area contributed by atoms with Crippen molar-refractivity contribution in [2.45, 2.75) is 26.3 Å². The Balaban J connectivity index is 2.25. The number of hydrogen-bond acceptors (Lipinski definition) is 2. The molecular formula is C19H20FNO. The van der Waals surface area contributed by atoms with Crippen LogP contribution in [0, 0.1) is 5.82 Å². The lowest BCUT2D eigenvalue weighted by Crippen LogP contribution is -2.41. The van der Waals surface area contributed by atoms with E-state index in [1.807, 2.05) is 12.1 Å². The summed E-state index contributed by atoms with van der Waals surface area (Å²) in [5.41, 5.74) is 4.18. The van der Waals surface area contributed by atoms with Crippen LogP contribution in [0.1, 0.15) is 26.3 Å². The van der Waals surface area contributed by atoms with Crippen LogP contribution in [0.3, 0.4) is 0 Å². The van der Waals surface area contributed by atoms with Crippen LogP contribution >= 0.6 is 0 Å². The Bertz CT molecular complexity index is 749. The van der Waals surface area contributed by atoms with Gasteiger partial charge < -0.3 is 9.64 Å². The van der Waals surface area contributed by atoms with E-state index in [0.717, 1.165) is 11.4 Å². The van der Waals surface area contributed by atoms with Crippen LogP contribution in [-0.2, 0) is 0 Å². The lowest BCUT2D eigenvalue weighted by Gasteiger charge is -2.43. The molecule has 0 radical (unpaired) electrons. The van der Waals surface area contributed by atoms with Crippen molar-refractivity contribution in [2.75, 3.05) is 12.0 Å². The van der Waals surface area contributed by atoms with E-state index in [9.17, 15) is 4.39 Å². The Morgan fingerprint density at radius 1 is 1.05 bits per heavy atom. The number of hydrogen-bond donors (Lipinski definition) is 0. The van der Waals surface area contributed by atoms with Crippen molar-refractivity contribution >= 4 is 16.9 Å². The van der Waals surface area contributed by atoms with Crippen LogP contribution in [0.25, 0.3) is 5.57 Å². The highest BCUT2D eigenvalue weighted by Crippen LogP contribution is 2.46. The molecule has 22 heavy (non-hydrogen) atoms. The molecule has 2 nitrogen and oxygen atoms in total. The maximum atomic E-state index is 13.5. The zero-order valence-corrected chi connectivity index (χ0v) is 13.4. The molecule has 0 aliphatic carbocycles. The summed E-state index contributed by atoms with van der Waals surface area (Å²) in [5, 5.41) is 0. The summed E-state index contributed by atoms with van der Waals surface area (Å²) < 4.78 is 19.0. The summed E-state index contributed by atoms with van der Waals surface area (Å²) in [6, 6.07) is 12.9. The van der Waals surface area contributed by atoms with Gasteiger partial charge in [-0.25, -0.2) is 4.39 Å². The first-order chi connectivity index (χ1) is 10.4. The second-order valence-corrected chi connectivity index (χ2v) is 6.15.